The highest BCUT2D eigenvalue weighted by Gasteiger charge is 2.35. The number of hydrogen-bond acceptors (Lipinski definition) is 7. The van der Waals surface area contributed by atoms with E-state index in [4.69, 9.17) is 20.8 Å². The number of imide groups is 1. The number of rotatable bonds is 7. The van der Waals surface area contributed by atoms with Gasteiger partial charge < -0.3 is 19.8 Å². The number of carbonyl (C=O) groups excluding carboxylic acids is 3. The Morgan fingerprint density at radius 3 is 2.74 bits per heavy atom. The number of benzene rings is 2. The molecule has 0 aliphatic carbocycles. The second kappa shape index (κ2) is 9.69. The minimum atomic E-state index is -0.781. The lowest BCUT2D eigenvalue weighted by molar-refractivity contribution is -0.384. The number of amides is 4. The van der Waals surface area contributed by atoms with Crippen LogP contribution in [0.3, 0.4) is 0 Å². The molecule has 35 heavy (non-hydrogen) atoms. The van der Waals surface area contributed by atoms with Crippen LogP contribution in [0.2, 0.25) is 5.02 Å². The van der Waals surface area contributed by atoms with Crippen LogP contribution in [0.25, 0.3) is 17.4 Å². The zero-order chi connectivity index (χ0) is 25.1. The Kier molecular flexibility index (Phi) is 6.51. The number of urea groups is 1. The maximum absolute atomic E-state index is 12.7. The number of nitro benzene ring substituents is 1. The average Bonchev–Trinajstić information content (AvgIpc) is 3.39. The summed E-state index contributed by atoms with van der Waals surface area (Å²) in [5.41, 5.74) is 0.220. The van der Waals surface area contributed by atoms with Gasteiger partial charge in [-0.25, -0.2) is 9.69 Å². The highest BCUT2D eigenvalue weighted by molar-refractivity contribution is 6.31. The summed E-state index contributed by atoms with van der Waals surface area (Å²) in [5.74, 6) is -0.582. The third-order valence-electron chi connectivity index (χ3n) is 4.98. The number of furan rings is 1. The number of ether oxygens (including phenoxy) is 1. The summed E-state index contributed by atoms with van der Waals surface area (Å²) in [6.45, 7) is -0.527. The zero-order valence-electron chi connectivity index (χ0n) is 18.1. The molecule has 1 aromatic heterocycles. The van der Waals surface area contributed by atoms with Crippen LogP contribution in [0.1, 0.15) is 5.76 Å². The highest BCUT2D eigenvalue weighted by atomic mass is 35.5. The number of methoxy groups -OCH3 is 1. The van der Waals surface area contributed by atoms with Crippen molar-refractivity contribution in [3.63, 3.8) is 0 Å². The van der Waals surface area contributed by atoms with Gasteiger partial charge in [0.1, 0.15) is 29.5 Å². The first-order valence-corrected chi connectivity index (χ1v) is 10.5. The summed E-state index contributed by atoms with van der Waals surface area (Å²) in [7, 11) is 1.45. The second-order valence-corrected chi connectivity index (χ2v) is 7.68. The molecule has 2 N–H and O–H groups in total. The van der Waals surface area contributed by atoms with E-state index in [9.17, 15) is 24.5 Å². The number of carbonyl (C=O) groups is 3. The van der Waals surface area contributed by atoms with E-state index in [0.29, 0.717) is 11.4 Å². The molecule has 0 radical (unpaired) electrons. The summed E-state index contributed by atoms with van der Waals surface area (Å²) in [6, 6.07) is 13.0. The predicted molar refractivity (Wildman–Crippen MR) is 126 cm³/mol. The van der Waals surface area contributed by atoms with E-state index in [1.807, 2.05) is 0 Å². The molecule has 4 rings (SSSR count). The largest absolute Gasteiger partial charge is 0.495 e. The van der Waals surface area contributed by atoms with Crippen molar-refractivity contribution in [2.75, 3.05) is 19.0 Å². The van der Waals surface area contributed by atoms with Crippen LogP contribution in [-0.2, 0) is 9.59 Å². The van der Waals surface area contributed by atoms with Gasteiger partial charge in [-0.1, -0.05) is 23.7 Å². The van der Waals surface area contributed by atoms with Gasteiger partial charge in [0.2, 0.25) is 5.91 Å². The van der Waals surface area contributed by atoms with E-state index in [-0.39, 0.29) is 33.5 Å². The fraction of sp³-hybridized carbons (Fsp3) is 0.0870. The van der Waals surface area contributed by atoms with Crippen LogP contribution in [0.4, 0.5) is 16.2 Å². The van der Waals surface area contributed by atoms with Crippen molar-refractivity contribution < 1.29 is 28.5 Å². The Morgan fingerprint density at radius 1 is 1.23 bits per heavy atom. The molecule has 1 fully saturated rings. The minimum absolute atomic E-state index is 0.119. The maximum atomic E-state index is 12.7. The van der Waals surface area contributed by atoms with Crippen molar-refractivity contribution in [2.45, 2.75) is 0 Å². The molecule has 1 aliphatic rings. The van der Waals surface area contributed by atoms with E-state index >= 15 is 0 Å². The van der Waals surface area contributed by atoms with Gasteiger partial charge >= 0.3 is 6.03 Å². The molecule has 1 aliphatic heterocycles. The van der Waals surface area contributed by atoms with E-state index in [2.05, 4.69) is 10.6 Å². The lowest BCUT2D eigenvalue weighted by Gasteiger charge is -2.13. The molecule has 4 amide bonds. The number of nitro groups is 1. The van der Waals surface area contributed by atoms with Gasteiger partial charge in [-0.15, -0.1) is 0 Å². The topological polar surface area (TPSA) is 144 Å². The molecule has 0 bridgehead atoms. The first kappa shape index (κ1) is 23.5. The Balaban J connectivity index is 1.49. The van der Waals surface area contributed by atoms with Gasteiger partial charge in [0.15, 0.2) is 0 Å². The van der Waals surface area contributed by atoms with E-state index < -0.39 is 29.3 Å². The van der Waals surface area contributed by atoms with Crippen LogP contribution in [-0.4, -0.2) is 41.3 Å². The first-order chi connectivity index (χ1) is 16.8. The van der Waals surface area contributed by atoms with Gasteiger partial charge in [-0.05, 0) is 36.4 Å². The molecule has 2 aromatic carbocycles. The fourth-order valence-corrected chi connectivity index (χ4v) is 3.54. The Bertz CT molecular complexity index is 1380. The summed E-state index contributed by atoms with van der Waals surface area (Å²) in [4.78, 5) is 48.9. The number of para-hydroxylation sites is 2. The standard InChI is InChI=1S/C23H17ClN4O7/c1-34-20-5-3-2-4-16(20)25-21(29)12-27-22(30)17(26-23(27)31)11-14-7-9-19(35-14)15-8-6-13(24)10-18(15)28(32)33/h2-11H,12H2,1H3,(H,25,29)(H,26,31)/b17-11+. The molecule has 0 saturated carbocycles. The molecule has 3 aromatic rings. The van der Waals surface area contributed by atoms with E-state index in [0.717, 1.165) is 4.90 Å². The molecule has 0 spiro atoms. The van der Waals surface area contributed by atoms with Crippen LogP contribution < -0.4 is 15.4 Å². The monoisotopic (exact) mass is 496 g/mol. The third kappa shape index (κ3) is 4.99. The lowest BCUT2D eigenvalue weighted by atomic mass is 10.1. The number of halogens is 1. The van der Waals surface area contributed by atoms with Gasteiger partial charge in [0.05, 0.1) is 23.3 Å². The lowest BCUT2D eigenvalue weighted by Crippen LogP contribution is -2.38. The van der Waals surface area contributed by atoms with Crippen LogP contribution in [0, 0.1) is 10.1 Å². The molecule has 1 saturated heterocycles. The van der Waals surface area contributed by atoms with Crippen LogP contribution in [0.15, 0.2) is 64.7 Å². The van der Waals surface area contributed by atoms with Crippen LogP contribution in [0.5, 0.6) is 5.75 Å². The van der Waals surface area contributed by atoms with E-state index in [1.165, 1.54) is 43.5 Å². The predicted octanol–water partition coefficient (Wildman–Crippen LogP) is 4.05. The molecule has 12 heteroatoms. The smallest absolute Gasteiger partial charge is 0.329 e. The highest BCUT2D eigenvalue weighted by Crippen LogP contribution is 2.34. The summed E-state index contributed by atoms with van der Waals surface area (Å²) >= 11 is 5.85. The molecule has 2 heterocycles. The third-order valence-corrected chi connectivity index (χ3v) is 5.22. The second-order valence-electron chi connectivity index (χ2n) is 7.25. The van der Waals surface area contributed by atoms with Crippen molar-refractivity contribution in [3.05, 3.63) is 81.2 Å². The fourth-order valence-electron chi connectivity index (χ4n) is 3.38. The minimum Gasteiger partial charge on any atom is -0.495 e. The Labute approximate surface area is 203 Å². The number of nitrogens with zero attached hydrogens (tertiary/aromatic N) is 2. The zero-order valence-corrected chi connectivity index (χ0v) is 18.9. The average molecular weight is 497 g/mol. The molecular weight excluding hydrogens is 480 g/mol. The maximum Gasteiger partial charge on any atom is 0.329 e. The van der Waals surface area contributed by atoms with Crippen molar-refractivity contribution in [3.8, 4) is 17.1 Å². The van der Waals surface area contributed by atoms with Crippen molar-refractivity contribution in [1.82, 2.24) is 10.2 Å². The first-order valence-electron chi connectivity index (χ1n) is 10.1. The quantitative estimate of drug-likeness (QED) is 0.217. The molecular formula is C23H17ClN4O7. The Morgan fingerprint density at radius 2 is 2.00 bits per heavy atom. The molecule has 178 valence electrons. The number of nitrogens with one attached hydrogen (secondary N) is 2. The SMILES string of the molecule is COc1ccccc1NC(=O)CN1C(=O)N/C(=C/c2ccc(-c3ccc(Cl)cc3[N+](=O)[O-])o2)C1=O. The summed E-state index contributed by atoms with van der Waals surface area (Å²) in [5, 5.41) is 16.5. The Hall–Kier alpha value is -4.64. The van der Waals surface area contributed by atoms with Crippen molar-refractivity contribution in [2.24, 2.45) is 0 Å². The van der Waals surface area contributed by atoms with Gasteiger partial charge in [0.25, 0.3) is 11.6 Å². The van der Waals surface area contributed by atoms with Gasteiger partial charge in [-0.2, -0.15) is 0 Å². The molecule has 11 nitrogen and oxygen atoms in total. The molecule has 0 unspecified atom stereocenters. The van der Waals surface area contributed by atoms with E-state index in [1.54, 1.807) is 24.3 Å². The van der Waals surface area contributed by atoms with Crippen molar-refractivity contribution >= 4 is 46.9 Å². The van der Waals surface area contributed by atoms with Gasteiger partial charge in [0, 0.05) is 17.2 Å². The molecule has 0 atom stereocenters. The van der Waals surface area contributed by atoms with Crippen molar-refractivity contribution in [1.29, 1.82) is 0 Å². The number of anilines is 1. The van der Waals surface area contributed by atoms with Gasteiger partial charge in [-0.3, -0.25) is 19.7 Å². The van der Waals surface area contributed by atoms with Crippen LogP contribution >= 0.6 is 11.6 Å². The summed E-state index contributed by atoms with van der Waals surface area (Å²) < 4.78 is 10.8. The summed E-state index contributed by atoms with van der Waals surface area (Å²) in [6.07, 6.45) is 1.27. The number of hydrogen-bond donors (Lipinski definition) is 2. The normalized spacial score (nSPS) is 14.2.